The molecule has 0 saturated carbocycles. The molecule has 2 aromatic rings. The smallest absolute Gasteiger partial charge is 0.406 e. The maximum atomic E-state index is 13.4. The van der Waals surface area contributed by atoms with Crippen LogP contribution in [0.2, 0.25) is 0 Å². The number of ether oxygens (including phenoxy) is 1. The summed E-state index contributed by atoms with van der Waals surface area (Å²) in [6.45, 7) is 1.63. The van der Waals surface area contributed by atoms with E-state index >= 15 is 0 Å². The first-order valence-electron chi connectivity index (χ1n) is 6.43. The Bertz CT molecular complexity index is 719. The van der Waals surface area contributed by atoms with Gasteiger partial charge in [-0.05, 0) is 49.0 Å². The Morgan fingerprint density at radius 1 is 1.04 bits per heavy atom. The van der Waals surface area contributed by atoms with Crippen LogP contribution in [-0.2, 0) is 0 Å². The first-order chi connectivity index (χ1) is 10.7. The summed E-state index contributed by atoms with van der Waals surface area (Å²) in [4.78, 5) is 0. The second kappa shape index (κ2) is 6.82. The Kier molecular flexibility index (Phi) is 5.05. The molecule has 0 heterocycles. The second-order valence-corrected chi connectivity index (χ2v) is 5.03. The summed E-state index contributed by atoms with van der Waals surface area (Å²) in [6.07, 6.45) is -4.77. The highest BCUT2D eigenvalue weighted by Crippen LogP contribution is 2.25. The molecule has 122 valence electrons. The van der Waals surface area contributed by atoms with Crippen LogP contribution in [0.25, 0.3) is 0 Å². The molecule has 2 N–H and O–H groups in total. The molecule has 0 bridgehead atoms. The summed E-state index contributed by atoms with van der Waals surface area (Å²) in [5.41, 5.74) is 1.22. The molecule has 8 heteroatoms. The Morgan fingerprint density at radius 3 is 2.30 bits per heavy atom. The lowest BCUT2D eigenvalue weighted by Gasteiger charge is -2.13. The van der Waals surface area contributed by atoms with Gasteiger partial charge in [0.25, 0.3) is 0 Å². The summed E-state index contributed by atoms with van der Waals surface area (Å²) < 4.78 is 53.8. The molecule has 0 unspecified atom stereocenters. The van der Waals surface area contributed by atoms with Crippen LogP contribution in [0.1, 0.15) is 5.56 Å². The van der Waals surface area contributed by atoms with Crippen LogP contribution in [0.3, 0.4) is 0 Å². The van der Waals surface area contributed by atoms with Gasteiger partial charge in [0, 0.05) is 17.4 Å². The molecular formula is C15H12F4N2OS. The van der Waals surface area contributed by atoms with Gasteiger partial charge in [0.1, 0.15) is 11.6 Å². The number of halogens is 4. The fourth-order valence-corrected chi connectivity index (χ4v) is 1.97. The topological polar surface area (TPSA) is 33.3 Å². The first kappa shape index (κ1) is 17.0. The van der Waals surface area contributed by atoms with Crippen LogP contribution in [-0.4, -0.2) is 11.5 Å². The summed E-state index contributed by atoms with van der Waals surface area (Å²) in [5, 5.41) is 5.55. The van der Waals surface area contributed by atoms with E-state index in [1.54, 1.807) is 19.1 Å². The molecule has 23 heavy (non-hydrogen) atoms. The lowest BCUT2D eigenvalue weighted by molar-refractivity contribution is -0.274. The summed E-state index contributed by atoms with van der Waals surface area (Å²) in [6, 6.07) is 9.71. The van der Waals surface area contributed by atoms with Crippen molar-refractivity contribution in [1.82, 2.24) is 0 Å². The van der Waals surface area contributed by atoms with Crippen LogP contribution in [0.5, 0.6) is 5.75 Å². The summed E-state index contributed by atoms with van der Waals surface area (Å²) in [7, 11) is 0. The lowest BCUT2D eigenvalue weighted by atomic mass is 10.2. The zero-order valence-corrected chi connectivity index (χ0v) is 12.7. The van der Waals surface area contributed by atoms with Crippen molar-refractivity contribution >= 4 is 28.7 Å². The van der Waals surface area contributed by atoms with Crippen molar-refractivity contribution in [3.8, 4) is 5.75 Å². The molecule has 2 rings (SSSR count). The average molecular weight is 344 g/mol. The van der Waals surface area contributed by atoms with Crippen molar-refractivity contribution in [2.24, 2.45) is 0 Å². The molecule has 0 radical (unpaired) electrons. The van der Waals surface area contributed by atoms with E-state index in [1.807, 2.05) is 0 Å². The van der Waals surface area contributed by atoms with Gasteiger partial charge in [-0.1, -0.05) is 12.1 Å². The standard InChI is InChI=1S/C15H12F4N2OS/c1-9-5-6-11(8-13(9)16)21-14(23)20-10-3-2-4-12(7-10)22-15(17,18)19/h2-8H,1H3,(H2,20,21,23). The van der Waals surface area contributed by atoms with E-state index in [9.17, 15) is 17.6 Å². The van der Waals surface area contributed by atoms with Gasteiger partial charge in [-0.2, -0.15) is 0 Å². The Balaban J connectivity index is 2.02. The van der Waals surface area contributed by atoms with Gasteiger partial charge >= 0.3 is 6.36 Å². The SMILES string of the molecule is Cc1ccc(NC(=S)Nc2cccc(OC(F)(F)F)c2)cc1F. The number of benzene rings is 2. The molecule has 2 aromatic carbocycles. The zero-order valence-electron chi connectivity index (χ0n) is 11.9. The van der Waals surface area contributed by atoms with Crippen molar-refractivity contribution in [2.45, 2.75) is 13.3 Å². The average Bonchev–Trinajstić information content (AvgIpc) is 2.41. The third-order valence-corrected chi connectivity index (χ3v) is 2.96. The van der Waals surface area contributed by atoms with Crippen LogP contribution in [0.4, 0.5) is 28.9 Å². The van der Waals surface area contributed by atoms with Crippen molar-refractivity contribution < 1.29 is 22.3 Å². The molecule has 0 aliphatic heterocycles. The van der Waals surface area contributed by atoms with Gasteiger partial charge in [-0.25, -0.2) is 4.39 Å². The van der Waals surface area contributed by atoms with E-state index in [2.05, 4.69) is 15.4 Å². The predicted octanol–water partition coefficient (Wildman–Crippen LogP) is 4.84. The van der Waals surface area contributed by atoms with Crippen LogP contribution in [0.15, 0.2) is 42.5 Å². The van der Waals surface area contributed by atoms with Gasteiger partial charge in [-0.3, -0.25) is 0 Å². The predicted molar refractivity (Wildman–Crippen MR) is 84.1 cm³/mol. The quantitative estimate of drug-likeness (QED) is 0.616. The molecule has 0 aliphatic rings. The second-order valence-electron chi connectivity index (χ2n) is 4.62. The third-order valence-electron chi connectivity index (χ3n) is 2.76. The minimum Gasteiger partial charge on any atom is -0.406 e. The highest BCUT2D eigenvalue weighted by atomic mass is 32.1. The third kappa shape index (κ3) is 5.41. The number of alkyl halides is 3. The molecule has 0 amide bonds. The van der Waals surface area contributed by atoms with Gasteiger partial charge in [0.15, 0.2) is 5.11 Å². The highest BCUT2D eigenvalue weighted by molar-refractivity contribution is 7.80. The number of rotatable bonds is 3. The number of hydrogen-bond acceptors (Lipinski definition) is 2. The fraction of sp³-hybridized carbons (Fsp3) is 0.133. The first-order valence-corrected chi connectivity index (χ1v) is 6.84. The van der Waals surface area contributed by atoms with Crippen molar-refractivity contribution in [1.29, 1.82) is 0 Å². The number of hydrogen-bond donors (Lipinski definition) is 2. The maximum Gasteiger partial charge on any atom is 0.573 e. The number of aryl methyl sites for hydroxylation is 1. The molecular weight excluding hydrogens is 332 g/mol. The lowest BCUT2D eigenvalue weighted by Crippen LogP contribution is -2.20. The van der Waals surface area contributed by atoms with Gasteiger partial charge < -0.3 is 15.4 Å². The van der Waals surface area contributed by atoms with E-state index in [-0.39, 0.29) is 10.9 Å². The van der Waals surface area contributed by atoms with Crippen molar-refractivity contribution in [3.63, 3.8) is 0 Å². The molecule has 3 nitrogen and oxygen atoms in total. The molecule has 0 spiro atoms. The Labute approximate surface area is 135 Å². The van der Waals surface area contributed by atoms with Crippen molar-refractivity contribution in [2.75, 3.05) is 10.6 Å². The highest BCUT2D eigenvalue weighted by Gasteiger charge is 2.31. The van der Waals surface area contributed by atoms with E-state index in [0.29, 0.717) is 16.9 Å². The number of thiocarbonyl (C=S) groups is 1. The van der Waals surface area contributed by atoms with Crippen LogP contribution in [0, 0.1) is 12.7 Å². The number of anilines is 2. The largest absolute Gasteiger partial charge is 0.573 e. The zero-order chi connectivity index (χ0) is 17.0. The van der Waals surface area contributed by atoms with E-state index in [1.165, 1.54) is 24.3 Å². The van der Waals surface area contributed by atoms with Gasteiger partial charge in [0.2, 0.25) is 0 Å². The van der Waals surface area contributed by atoms with Crippen LogP contribution >= 0.6 is 12.2 Å². The Hall–Kier alpha value is -2.35. The molecule has 0 atom stereocenters. The summed E-state index contributed by atoms with van der Waals surface area (Å²) in [5.74, 6) is -0.759. The maximum absolute atomic E-state index is 13.4. The summed E-state index contributed by atoms with van der Waals surface area (Å²) >= 11 is 5.04. The van der Waals surface area contributed by atoms with E-state index < -0.39 is 12.2 Å². The van der Waals surface area contributed by atoms with Crippen LogP contribution < -0.4 is 15.4 Å². The van der Waals surface area contributed by atoms with Gasteiger partial charge in [0.05, 0.1) is 0 Å². The Morgan fingerprint density at radius 2 is 1.70 bits per heavy atom. The molecule has 0 saturated heterocycles. The number of nitrogens with one attached hydrogen (secondary N) is 2. The van der Waals surface area contributed by atoms with Crippen molar-refractivity contribution in [3.05, 3.63) is 53.8 Å². The normalized spacial score (nSPS) is 11.0. The minimum absolute atomic E-state index is 0.109. The minimum atomic E-state index is -4.77. The monoisotopic (exact) mass is 344 g/mol. The van der Waals surface area contributed by atoms with E-state index in [4.69, 9.17) is 12.2 Å². The van der Waals surface area contributed by atoms with E-state index in [0.717, 1.165) is 6.07 Å². The molecule has 0 aliphatic carbocycles. The fourth-order valence-electron chi connectivity index (χ4n) is 1.74. The van der Waals surface area contributed by atoms with Gasteiger partial charge in [-0.15, -0.1) is 13.2 Å². The molecule has 0 aromatic heterocycles. The molecule has 0 fully saturated rings.